The van der Waals surface area contributed by atoms with Gasteiger partial charge in [0, 0.05) is 15.8 Å². The molecule has 3 heteroatoms. The molecule has 0 saturated heterocycles. The monoisotopic (exact) mass is 197 g/mol. The third kappa shape index (κ3) is 2.94. The van der Waals surface area contributed by atoms with E-state index in [1.165, 1.54) is 0 Å². The molecule has 13 heavy (non-hydrogen) atoms. The summed E-state index contributed by atoms with van der Waals surface area (Å²) in [6.45, 7) is 4.17. The Balaban J connectivity index is 2.73. The van der Waals surface area contributed by atoms with Gasteiger partial charge >= 0.3 is 0 Å². The number of rotatable bonds is 3. The van der Waals surface area contributed by atoms with Gasteiger partial charge < -0.3 is 10.8 Å². The molecule has 0 fully saturated rings. The molecule has 1 aromatic carbocycles. The molecule has 2 nitrogen and oxygen atoms in total. The average Bonchev–Trinajstić information content (AvgIpc) is 2.11. The lowest BCUT2D eigenvalue weighted by Gasteiger charge is -2.08. The van der Waals surface area contributed by atoms with Gasteiger partial charge in [-0.15, -0.1) is 11.8 Å². The van der Waals surface area contributed by atoms with E-state index in [1.54, 1.807) is 11.8 Å². The molecule has 0 heterocycles. The minimum Gasteiger partial charge on any atom is -0.398 e. The topological polar surface area (TPSA) is 46.2 Å². The number of hydrogen-bond donors (Lipinski definition) is 2. The minimum atomic E-state index is 0.193. The number of nitrogens with two attached hydrogens (primary N) is 1. The number of nitrogen functional groups attached to an aromatic ring is 1. The van der Waals surface area contributed by atoms with Crippen molar-refractivity contribution in [2.45, 2.75) is 24.0 Å². The molecule has 0 aromatic heterocycles. The summed E-state index contributed by atoms with van der Waals surface area (Å²) in [6.07, 6.45) is 0. The van der Waals surface area contributed by atoms with Gasteiger partial charge in [0.1, 0.15) is 0 Å². The lowest BCUT2D eigenvalue weighted by Crippen LogP contribution is -2.01. The maximum atomic E-state index is 8.87. The Morgan fingerprint density at radius 3 is 2.77 bits per heavy atom. The smallest absolute Gasteiger partial charge is 0.0550 e. The van der Waals surface area contributed by atoms with E-state index in [1.807, 2.05) is 32.0 Å². The zero-order chi connectivity index (χ0) is 9.84. The van der Waals surface area contributed by atoms with E-state index in [0.29, 0.717) is 0 Å². The molecule has 0 radical (unpaired) electrons. The highest BCUT2D eigenvalue weighted by Crippen LogP contribution is 2.25. The third-order valence-corrected chi connectivity index (χ3v) is 2.92. The fourth-order valence-corrected chi connectivity index (χ4v) is 1.84. The van der Waals surface area contributed by atoms with Crippen molar-refractivity contribution in [1.82, 2.24) is 0 Å². The zero-order valence-corrected chi connectivity index (χ0v) is 8.77. The largest absolute Gasteiger partial charge is 0.398 e. The second-order valence-corrected chi connectivity index (χ2v) is 4.64. The number of hydrogen-bond acceptors (Lipinski definition) is 3. The van der Waals surface area contributed by atoms with E-state index in [2.05, 4.69) is 0 Å². The van der Waals surface area contributed by atoms with E-state index in [9.17, 15) is 0 Å². The van der Waals surface area contributed by atoms with Crippen LogP contribution in [0.3, 0.4) is 0 Å². The molecule has 1 unspecified atom stereocenters. The summed E-state index contributed by atoms with van der Waals surface area (Å²) in [6, 6.07) is 5.98. The van der Waals surface area contributed by atoms with Crippen LogP contribution in [0.2, 0.25) is 0 Å². The lowest BCUT2D eigenvalue weighted by molar-refractivity contribution is 0.300. The molecule has 1 atom stereocenters. The lowest BCUT2D eigenvalue weighted by atomic mass is 10.2. The van der Waals surface area contributed by atoms with Crippen LogP contribution in [0.25, 0.3) is 0 Å². The van der Waals surface area contributed by atoms with Crippen molar-refractivity contribution in [1.29, 1.82) is 0 Å². The summed E-state index contributed by atoms with van der Waals surface area (Å²) in [4.78, 5) is 1.12. The van der Waals surface area contributed by atoms with E-state index in [4.69, 9.17) is 10.8 Å². The van der Waals surface area contributed by atoms with Crippen LogP contribution in [0.1, 0.15) is 12.5 Å². The molecule has 0 amide bonds. The number of thioether (sulfide) groups is 1. The van der Waals surface area contributed by atoms with Gasteiger partial charge in [-0.05, 0) is 24.6 Å². The summed E-state index contributed by atoms with van der Waals surface area (Å²) in [7, 11) is 0. The second-order valence-electron chi connectivity index (χ2n) is 3.13. The Kier molecular flexibility index (Phi) is 3.63. The fourth-order valence-electron chi connectivity index (χ4n) is 0.961. The highest BCUT2D eigenvalue weighted by atomic mass is 32.2. The molecule has 0 aliphatic heterocycles. The van der Waals surface area contributed by atoms with Gasteiger partial charge in [-0.3, -0.25) is 0 Å². The molecule has 0 aliphatic carbocycles. The second kappa shape index (κ2) is 4.53. The molecule has 72 valence electrons. The third-order valence-electron chi connectivity index (χ3n) is 1.85. The first-order valence-corrected chi connectivity index (χ1v) is 5.15. The number of benzene rings is 1. The summed E-state index contributed by atoms with van der Waals surface area (Å²) in [5.41, 5.74) is 7.68. The molecule has 0 aliphatic rings. The number of aryl methyl sites for hydroxylation is 1. The number of anilines is 1. The Morgan fingerprint density at radius 1 is 1.54 bits per heavy atom. The Bertz CT molecular complexity index is 288. The summed E-state index contributed by atoms with van der Waals surface area (Å²) >= 11 is 1.64. The van der Waals surface area contributed by atoms with Gasteiger partial charge in [-0.2, -0.15) is 0 Å². The maximum absolute atomic E-state index is 8.87. The number of aliphatic hydroxyl groups is 1. The van der Waals surface area contributed by atoms with Gasteiger partial charge in [-0.25, -0.2) is 0 Å². The summed E-state index contributed by atoms with van der Waals surface area (Å²) in [5, 5.41) is 9.09. The maximum Gasteiger partial charge on any atom is 0.0550 e. The van der Waals surface area contributed by atoms with Crippen LogP contribution in [0.5, 0.6) is 0 Å². The van der Waals surface area contributed by atoms with Gasteiger partial charge in [0.25, 0.3) is 0 Å². The zero-order valence-electron chi connectivity index (χ0n) is 7.95. The van der Waals surface area contributed by atoms with Crippen LogP contribution in [0, 0.1) is 6.92 Å². The van der Waals surface area contributed by atoms with Crippen LogP contribution < -0.4 is 5.73 Å². The Morgan fingerprint density at radius 2 is 2.23 bits per heavy atom. The first-order chi connectivity index (χ1) is 6.13. The van der Waals surface area contributed by atoms with Crippen molar-refractivity contribution in [3.05, 3.63) is 23.8 Å². The molecule has 0 spiro atoms. The summed E-state index contributed by atoms with van der Waals surface area (Å²) in [5.74, 6) is 0. The first kappa shape index (κ1) is 10.4. The average molecular weight is 197 g/mol. The van der Waals surface area contributed by atoms with Crippen molar-refractivity contribution < 1.29 is 5.11 Å². The van der Waals surface area contributed by atoms with Crippen LogP contribution >= 0.6 is 11.8 Å². The van der Waals surface area contributed by atoms with Crippen LogP contribution in [-0.4, -0.2) is 17.0 Å². The van der Waals surface area contributed by atoms with Crippen molar-refractivity contribution in [3.63, 3.8) is 0 Å². The predicted octanol–water partition coefficient (Wildman–Crippen LogP) is 2.05. The van der Waals surface area contributed by atoms with Gasteiger partial charge in [-0.1, -0.05) is 13.0 Å². The van der Waals surface area contributed by atoms with Crippen molar-refractivity contribution in [2.24, 2.45) is 0 Å². The van der Waals surface area contributed by atoms with Gasteiger partial charge in [0.05, 0.1) is 6.61 Å². The predicted molar refractivity (Wildman–Crippen MR) is 58.0 cm³/mol. The minimum absolute atomic E-state index is 0.193. The molecule has 1 rings (SSSR count). The van der Waals surface area contributed by atoms with Crippen molar-refractivity contribution in [2.75, 3.05) is 12.3 Å². The SMILES string of the molecule is Cc1ccc(SC(C)CO)cc1N. The van der Waals surface area contributed by atoms with E-state index in [0.717, 1.165) is 16.1 Å². The molecular formula is C10H15NOS. The van der Waals surface area contributed by atoms with Crippen LogP contribution in [-0.2, 0) is 0 Å². The molecular weight excluding hydrogens is 182 g/mol. The van der Waals surface area contributed by atoms with E-state index < -0.39 is 0 Å². The van der Waals surface area contributed by atoms with Crippen LogP contribution in [0.15, 0.2) is 23.1 Å². The Labute approximate surface area is 83.1 Å². The highest BCUT2D eigenvalue weighted by Gasteiger charge is 2.03. The van der Waals surface area contributed by atoms with Crippen LogP contribution in [0.4, 0.5) is 5.69 Å². The Hall–Kier alpha value is -0.670. The molecule has 1 aromatic rings. The van der Waals surface area contributed by atoms with Crippen molar-refractivity contribution >= 4 is 17.4 Å². The summed E-state index contributed by atoms with van der Waals surface area (Å²) < 4.78 is 0. The van der Waals surface area contributed by atoms with Crippen molar-refractivity contribution in [3.8, 4) is 0 Å². The highest BCUT2D eigenvalue weighted by molar-refractivity contribution is 8.00. The quantitative estimate of drug-likeness (QED) is 0.576. The normalized spacial score (nSPS) is 12.8. The van der Waals surface area contributed by atoms with E-state index >= 15 is 0 Å². The standard InChI is InChI=1S/C10H15NOS/c1-7-3-4-9(5-10(7)11)13-8(2)6-12/h3-5,8,12H,6,11H2,1-2H3. The molecule has 0 bridgehead atoms. The number of aliphatic hydroxyl groups excluding tert-OH is 1. The van der Waals surface area contributed by atoms with E-state index in [-0.39, 0.29) is 11.9 Å². The van der Waals surface area contributed by atoms with Gasteiger partial charge in [0.15, 0.2) is 0 Å². The van der Waals surface area contributed by atoms with Gasteiger partial charge in [0.2, 0.25) is 0 Å². The fraction of sp³-hybridized carbons (Fsp3) is 0.400. The first-order valence-electron chi connectivity index (χ1n) is 4.27. The molecule has 0 saturated carbocycles. The molecule has 3 N–H and O–H groups in total.